The van der Waals surface area contributed by atoms with Crippen LogP contribution in [0.4, 0.5) is 10.5 Å². The number of ether oxygens (including phenoxy) is 2. The van der Waals surface area contributed by atoms with Crippen LogP contribution in [-0.2, 0) is 17.9 Å². The Bertz CT molecular complexity index is 1310. The normalized spacial score (nSPS) is 14.5. The first-order chi connectivity index (χ1) is 16.8. The second kappa shape index (κ2) is 10.7. The van der Waals surface area contributed by atoms with Crippen LogP contribution in [0, 0.1) is 10.1 Å². The molecule has 3 aromatic rings. The number of nitrogens with zero attached hydrogens (tertiary/aromatic N) is 2. The summed E-state index contributed by atoms with van der Waals surface area (Å²) in [7, 11) is 1.53. The zero-order chi connectivity index (χ0) is 24.9. The van der Waals surface area contributed by atoms with Crippen LogP contribution in [0.2, 0.25) is 0 Å². The minimum Gasteiger partial charge on any atom is -0.493 e. The van der Waals surface area contributed by atoms with Crippen molar-refractivity contribution in [3.8, 4) is 11.5 Å². The molecule has 1 fully saturated rings. The zero-order valence-corrected chi connectivity index (χ0v) is 20.9. The van der Waals surface area contributed by atoms with Crippen molar-refractivity contribution in [1.29, 1.82) is 0 Å². The van der Waals surface area contributed by atoms with E-state index < -0.39 is 16.1 Å². The van der Waals surface area contributed by atoms with E-state index in [1.165, 1.54) is 31.4 Å². The Hall–Kier alpha value is -3.63. The maximum Gasteiger partial charge on any atom is 0.293 e. The van der Waals surface area contributed by atoms with E-state index in [-0.39, 0.29) is 17.1 Å². The van der Waals surface area contributed by atoms with Gasteiger partial charge in [-0.25, -0.2) is 0 Å². The van der Waals surface area contributed by atoms with Gasteiger partial charge in [-0.1, -0.05) is 46.3 Å². The highest BCUT2D eigenvalue weighted by atomic mass is 79.9. The minimum absolute atomic E-state index is 0.0339. The van der Waals surface area contributed by atoms with E-state index in [9.17, 15) is 19.7 Å². The Balaban J connectivity index is 1.46. The third-order valence-corrected chi connectivity index (χ3v) is 6.59. The molecule has 0 atom stereocenters. The number of halogens is 1. The molecule has 0 aromatic heterocycles. The maximum absolute atomic E-state index is 12.9. The second-order valence-corrected chi connectivity index (χ2v) is 9.43. The largest absolute Gasteiger partial charge is 0.493 e. The second-order valence-electron chi connectivity index (χ2n) is 7.52. The third kappa shape index (κ3) is 5.90. The van der Waals surface area contributed by atoms with E-state index >= 15 is 0 Å². The summed E-state index contributed by atoms with van der Waals surface area (Å²) in [6, 6.07) is 18.8. The lowest BCUT2D eigenvalue weighted by molar-refractivity contribution is -0.384. The van der Waals surface area contributed by atoms with Gasteiger partial charge in [-0.3, -0.25) is 24.6 Å². The Morgan fingerprint density at radius 3 is 2.34 bits per heavy atom. The highest BCUT2D eigenvalue weighted by Gasteiger charge is 2.35. The fraction of sp³-hybridized carbons (Fsp3) is 0.120. The van der Waals surface area contributed by atoms with Crippen molar-refractivity contribution in [1.82, 2.24) is 4.90 Å². The van der Waals surface area contributed by atoms with Crippen LogP contribution in [0.5, 0.6) is 11.5 Å². The molecule has 1 aliphatic heterocycles. The molecule has 0 N–H and O–H groups in total. The average molecular weight is 555 g/mol. The number of methoxy groups -OCH3 is 1. The van der Waals surface area contributed by atoms with Gasteiger partial charge < -0.3 is 9.47 Å². The highest BCUT2D eigenvalue weighted by molar-refractivity contribution is 9.10. The zero-order valence-electron chi connectivity index (χ0n) is 18.5. The summed E-state index contributed by atoms with van der Waals surface area (Å²) >= 11 is 4.25. The monoisotopic (exact) mass is 554 g/mol. The van der Waals surface area contributed by atoms with E-state index in [0.29, 0.717) is 29.2 Å². The van der Waals surface area contributed by atoms with Gasteiger partial charge in [-0.2, -0.15) is 0 Å². The Kier molecular flexibility index (Phi) is 7.52. The Morgan fingerprint density at radius 2 is 1.69 bits per heavy atom. The molecule has 1 saturated heterocycles. The summed E-state index contributed by atoms with van der Waals surface area (Å²) in [5.74, 6) is 0.632. The smallest absolute Gasteiger partial charge is 0.293 e. The Morgan fingerprint density at radius 1 is 1.00 bits per heavy atom. The first-order valence-corrected chi connectivity index (χ1v) is 12.0. The predicted molar refractivity (Wildman–Crippen MR) is 136 cm³/mol. The minimum atomic E-state index is -0.502. The summed E-state index contributed by atoms with van der Waals surface area (Å²) in [6.07, 6.45) is 1.63. The summed E-state index contributed by atoms with van der Waals surface area (Å²) in [5.41, 5.74) is 2.24. The molecular formula is C25H19BrN2O6S. The van der Waals surface area contributed by atoms with E-state index in [4.69, 9.17) is 9.47 Å². The number of rotatable bonds is 8. The first-order valence-electron chi connectivity index (χ1n) is 10.4. The summed E-state index contributed by atoms with van der Waals surface area (Å²) in [6.45, 7) is 0.399. The van der Waals surface area contributed by atoms with Crippen molar-refractivity contribution in [3.63, 3.8) is 0 Å². The summed E-state index contributed by atoms with van der Waals surface area (Å²) < 4.78 is 12.3. The number of hydrogen-bond donors (Lipinski definition) is 0. The predicted octanol–water partition coefficient (Wildman–Crippen LogP) is 6.18. The molecule has 0 radical (unpaired) electrons. The third-order valence-electron chi connectivity index (χ3n) is 5.15. The van der Waals surface area contributed by atoms with Crippen LogP contribution in [0.3, 0.4) is 0 Å². The molecule has 35 heavy (non-hydrogen) atoms. The summed E-state index contributed by atoms with van der Waals surface area (Å²) in [5, 5.41) is 10.4. The van der Waals surface area contributed by atoms with Crippen molar-refractivity contribution < 1.29 is 24.0 Å². The van der Waals surface area contributed by atoms with Gasteiger partial charge in [0, 0.05) is 16.6 Å². The topological polar surface area (TPSA) is 99.0 Å². The van der Waals surface area contributed by atoms with Crippen molar-refractivity contribution in [2.24, 2.45) is 0 Å². The highest BCUT2D eigenvalue weighted by Crippen LogP contribution is 2.35. The molecule has 2 amide bonds. The van der Waals surface area contributed by atoms with Gasteiger partial charge >= 0.3 is 0 Å². The van der Waals surface area contributed by atoms with Crippen LogP contribution >= 0.6 is 27.7 Å². The molecule has 4 rings (SSSR count). The Labute approximate surface area is 213 Å². The van der Waals surface area contributed by atoms with Gasteiger partial charge in [0.25, 0.3) is 16.8 Å². The van der Waals surface area contributed by atoms with E-state index in [2.05, 4.69) is 15.9 Å². The number of amides is 2. The average Bonchev–Trinajstić information content (AvgIpc) is 3.11. The number of nitro benzene ring substituents is 1. The maximum atomic E-state index is 12.9. The summed E-state index contributed by atoms with van der Waals surface area (Å²) in [4.78, 5) is 37.0. The van der Waals surface area contributed by atoms with Crippen molar-refractivity contribution in [2.75, 3.05) is 7.11 Å². The van der Waals surface area contributed by atoms with Crippen LogP contribution < -0.4 is 9.47 Å². The van der Waals surface area contributed by atoms with Gasteiger partial charge in [0.1, 0.15) is 6.61 Å². The van der Waals surface area contributed by atoms with Gasteiger partial charge in [-0.05, 0) is 58.8 Å². The lowest BCUT2D eigenvalue weighted by Crippen LogP contribution is -2.27. The number of carbonyl (C=O) groups excluding carboxylic acids is 2. The molecular weight excluding hydrogens is 536 g/mol. The molecule has 10 heteroatoms. The lowest BCUT2D eigenvalue weighted by atomic mass is 10.1. The van der Waals surface area contributed by atoms with Crippen LogP contribution in [0.25, 0.3) is 6.08 Å². The number of hydrogen-bond acceptors (Lipinski definition) is 7. The molecule has 8 nitrogen and oxygen atoms in total. The number of thioether (sulfide) groups is 1. The van der Waals surface area contributed by atoms with E-state index in [1.807, 2.05) is 24.3 Å². The van der Waals surface area contributed by atoms with Gasteiger partial charge in [-0.15, -0.1) is 0 Å². The van der Waals surface area contributed by atoms with Gasteiger partial charge in [0.15, 0.2) is 11.5 Å². The molecule has 0 unspecified atom stereocenters. The van der Waals surface area contributed by atoms with Crippen molar-refractivity contribution in [2.45, 2.75) is 13.2 Å². The van der Waals surface area contributed by atoms with Gasteiger partial charge in [0.05, 0.1) is 23.5 Å². The molecule has 178 valence electrons. The van der Waals surface area contributed by atoms with E-state index in [1.54, 1.807) is 24.3 Å². The van der Waals surface area contributed by atoms with Crippen molar-refractivity contribution >= 4 is 50.6 Å². The number of nitro groups is 1. The molecule has 0 saturated carbocycles. The fourth-order valence-electron chi connectivity index (χ4n) is 3.33. The van der Waals surface area contributed by atoms with E-state index in [0.717, 1.165) is 26.7 Å². The molecule has 3 aromatic carbocycles. The quantitative estimate of drug-likeness (QED) is 0.186. The molecule has 1 aliphatic rings. The first kappa shape index (κ1) is 24.5. The number of non-ortho nitro benzene ring substituents is 1. The van der Waals surface area contributed by atoms with Crippen LogP contribution in [0.15, 0.2) is 76.1 Å². The number of benzene rings is 3. The van der Waals surface area contributed by atoms with Gasteiger partial charge in [0.2, 0.25) is 0 Å². The molecule has 1 heterocycles. The number of carbonyl (C=O) groups is 2. The number of imide groups is 1. The lowest BCUT2D eigenvalue weighted by Gasteiger charge is -2.12. The molecule has 0 bridgehead atoms. The molecule has 0 aliphatic carbocycles. The fourth-order valence-corrected chi connectivity index (χ4v) is 4.43. The molecule has 0 spiro atoms. The van der Waals surface area contributed by atoms with Crippen LogP contribution in [0.1, 0.15) is 16.7 Å². The van der Waals surface area contributed by atoms with Crippen LogP contribution in [-0.4, -0.2) is 28.1 Å². The SMILES string of the molecule is COc1cc(/C=C2\SC(=O)N(Cc3ccc([N+](=O)[O-])cc3)C2=O)ccc1OCc1ccc(Br)cc1. The van der Waals surface area contributed by atoms with Crippen molar-refractivity contribution in [3.05, 3.63) is 103 Å². The standard InChI is InChI=1S/C25H19BrN2O6S/c1-33-22-12-18(6-11-21(22)34-15-17-2-7-19(26)8-3-17)13-23-24(29)27(25(30)35-23)14-16-4-9-20(10-5-16)28(31)32/h2-13H,14-15H2,1H3/b23-13-.